The van der Waals surface area contributed by atoms with E-state index in [1.807, 2.05) is 0 Å². The largest absolute Gasteiger partial charge is 0.308 e. The van der Waals surface area contributed by atoms with Gasteiger partial charge in [0.2, 0.25) is 0 Å². The van der Waals surface area contributed by atoms with Gasteiger partial charge in [0, 0.05) is 25.9 Å². The molecule has 0 bridgehead atoms. The van der Waals surface area contributed by atoms with Crippen molar-refractivity contribution >= 4 is 0 Å². The van der Waals surface area contributed by atoms with E-state index in [2.05, 4.69) is 26.3 Å². The van der Waals surface area contributed by atoms with Crippen LogP contribution in [0.4, 0.5) is 0 Å². The fourth-order valence-electron chi connectivity index (χ4n) is 2.32. The molecule has 2 atom stereocenters. The molecule has 2 unspecified atom stereocenters. The van der Waals surface area contributed by atoms with Crippen LogP contribution < -0.4 is 11.5 Å². The summed E-state index contributed by atoms with van der Waals surface area (Å²) < 4.78 is 0. The zero-order valence-electron chi connectivity index (χ0n) is 11.4. The average molecular weight is 264 g/mol. The Hall–Kier alpha value is -1.24. The number of hydrogen-bond donors (Lipinski definition) is 2. The van der Waals surface area contributed by atoms with Crippen LogP contribution in [0.1, 0.15) is 12.8 Å². The third-order valence-corrected chi connectivity index (χ3v) is 3.34. The SMILES string of the molecule is C=CCN1ON(CC=C)C(N)(CC=C)C1(N)CC=C. The molecular formula is C14H24N4O. The van der Waals surface area contributed by atoms with Crippen LogP contribution in [0.15, 0.2) is 50.6 Å². The first kappa shape index (κ1) is 15.8. The van der Waals surface area contributed by atoms with Gasteiger partial charge in [0.1, 0.15) is 11.3 Å². The topological polar surface area (TPSA) is 67.8 Å². The minimum atomic E-state index is -0.903. The Kier molecular flexibility index (Phi) is 5.22. The van der Waals surface area contributed by atoms with Crippen molar-refractivity contribution in [2.75, 3.05) is 13.1 Å². The molecule has 0 amide bonds. The molecular weight excluding hydrogens is 240 g/mol. The highest BCUT2D eigenvalue weighted by molar-refractivity contribution is 5.11. The van der Waals surface area contributed by atoms with Crippen molar-refractivity contribution in [2.45, 2.75) is 24.2 Å². The summed E-state index contributed by atoms with van der Waals surface area (Å²) in [6.07, 6.45) is 7.88. The van der Waals surface area contributed by atoms with Gasteiger partial charge in [0.05, 0.1) is 0 Å². The van der Waals surface area contributed by atoms with E-state index in [1.165, 1.54) is 0 Å². The first-order valence-corrected chi connectivity index (χ1v) is 6.25. The van der Waals surface area contributed by atoms with Crippen LogP contribution in [-0.2, 0) is 4.94 Å². The summed E-state index contributed by atoms with van der Waals surface area (Å²) in [7, 11) is 0. The molecule has 0 spiro atoms. The highest BCUT2D eigenvalue weighted by Crippen LogP contribution is 2.39. The second kappa shape index (κ2) is 6.27. The summed E-state index contributed by atoms with van der Waals surface area (Å²) in [5, 5.41) is 3.27. The lowest BCUT2D eigenvalue weighted by Crippen LogP contribution is -2.71. The maximum Gasteiger partial charge on any atom is 0.133 e. The lowest BCUT2D eigenvalue weighted by Gasteiger charge is -2.42. The van der Waals surface area contributed by atoms with Crippen molar-refractivity contribution in [3.63, 3.8) is 0 Å². The van der Waals surface area contributed by atoms with Gasteiger partial charge >= 0.3 is 0 Å². The van der Waals surface area contributed by atoms with Gasteiger partial charge in [-0.15, -0.1) is 36.4 Å². The number of hydrogen-bond acceptors (Lipinski definition) is 5. The third kappa shape index (κ3) is 2.56. The first-order valence-electron chi connectivity index (χ1n) is 6.25. The minimum Gasteiger partial charge on any atom is -0.308 e. The van der Waals surface area contributed by atoms with Crippen molar-refractivity contribution in [2.24, 2.45) is 11.5 Å². The highest BCUT2D eigenvalue weighted by atomic mass is 16.9. The molecule has 5 nitrogen and oxygen atoms in total. The van der Waals surface area contributed by atoms with Gasteiger partial charge in [-0.2, -0.15) is 0 Å². The van der Waals surface area contributed by atoms with E-state index < -0.39 is 11.3 Å². The van der Waals surface area contributed by atoms with Gasteiger partial charge < -0.3 is 11.5 Å². The molecule has 0 radical (unpaired) electrons. The molecule has 0 aromatic rings. The fourth-order valence-corrected chi connectivity index (χ4v) is 2.32. The van der Waals surface area contributed by atoms with Crippen molar-refractivity contribution in [3.05, 3.63) is 50.6 Å². The van der Waals surface area contributed by atoms with E-state index in [-0.39, 0.29) is 0 Å². The molecule has 106 valence electrons. The molecule has 5 heteroatoms. The van der Waals surface area contributed by atoms with Gasteiger partial charge in [0.15, 0.2) is 0 Å². The molecule has 0 aromatic carbocycles. The molecule has 0 aliphatic carbocycles. The monoisotopic (exact) mass is 264 g/mol. The smallest absolute Gasteiger partial charge is 0.133 e. The maximum atomic E-state index is 6.52. The molecule has 1 fully saturated rings. The molecule has 0 aromatic heterocycles. The third-order valence-electron chi connectivity index (χ3n) is 3.34. The van der Waals surface area contributed by atoms with Crippen LogP contribution in [0.5, 0.6) is 0 Å². The Bertz CT molecular complexity index is 336. The zero-order chi connectivity index (χ0) is 14.5. The van der Waals surface area contributed by atoms with Crippen LogP contribution in [0.3, 0.4) is 0 Å². The van der Waals surface area contributed by atoms with Crippen molar-refractivity contribution in [3.8, 4) is 0 Å². The van der Waals surface area contributed by atoms with E-state index in [0.29, 0.717) is 25.9 Å². The van der Waals surface area contributed by atoms with Gasteiger partial charge in [-0.3, -0.25) is 0 Å². The van der Waals surface area contributed by atoms with E-state index in [1.54, 1.807) is 34.4 Å². The van der Waals surface area contributed by atoms with Crippen LogP contribution in [-0.4, -0.2) is 34.5 Å². The van der Waals surface area contributed by atoms with Crippen LogP contribution in [0.25, 0.3) is 0 Å². The summed E-state index contributed by atoms with van der Waals surface area (Å²) in [5.41, 5.74) is 11.2. The summed E-state index contributed by atoms with van der Waals surface area (Å²) in [6.45, 7) is 15.9. The van der Waals surface area contributed by atoms with Crippen molar-refractivity contribution in [1.29, 1.82) is 0 Å². The lowest BCUT2D eigenvalue weighted by atomic mass is 9.87. The molecule has 19 heavy (non-hydrogen) atoms. The second-order valence-corrected chi connectivity index (χ2v) is 4.62. The highest BCUT2D eigenvalue weighted by Gasteiger charge is 2.59. The normalized spacial score (nSPS) is 32.1. The predicted octanol–water partition coefficient (Wildman–Crippen LogP) is 1.28. The average Bonchev–Trinajstić information content (AvgIpc) is 2.54. The number of nitrogens with zero attached hydrogens (tertiary/aromatic N) is 2. The van der Waals surface area contributed by atoms with Gasteiger partial charge in [-0.1, -0.05) is 24.3 Å². The number of rotatable bonds is 8. The number of hydroxylamine groups is 4. The van der Waals surface area contributed by atoms with Gasteiger partial charge in [-0.05, 0) is 0 Å². The van der Waals surface area contributed by atoms with Gasteiger partial charge in [-0.25, -0.2) is 4.94 Å². The summed E-state index contributed by atoms with van der Waals surface area (Å²) in [6, 6.07) is 0. The molecule has 1 rings (SSSR count). The van der Waals surface area contributed by atoms with Crippen LogP contribution >= 0.6 is 0 Å². The number of nitrogens with two attached hydrogens (primary N) is 2. The Balaban J connectivity index is 3.20. The molecule has 1 aliphatic heterocycles. The Labute approximate surface area is 115 Å². The van der Waals surface area contributed by atoms with E-state index >= 15 is 0 Å². The van der Waals surface area contributed by atoms with E-state index in [0.717, 1.165) is 0 Å². The first-order chi connectivity index (χ1) is 9.00. The summed E-state index contributed by atoms with van der Waals surface area (Å²) in [5.74, 6) is 0. The lowest BCUT2D eigenvalue weighted by molar-refractivity contribution is -0.287. The van der Waals surface area contributed by atoms with E-state index in [4.69, 9.17) is 16.4 Å². The second-order valence-electron chi connectivity index (χ2n) is 4.62. The maximum absolute atomic E-state index is 6.52. The summed E-state index contributed by atoms with van der Waals surface area (Å²) >= 11 is 0. The fraction of sp³-hybridized carbons (Fsp3) is 0.429. The standard InChI is InChI=1S/C14H24N4O/c1-5-9-13(15)14(16,10-6-2)18(12-8-4)19-17(13)11-7-3/h5-8H,1-4,9-12,15-16H2. The molecule has 4 N–H and O–H groups in total. The Morgan fingerprint density at radius 2 is 1.16 bits per heavy atom. The quantitative estimate of drug-likeness (QED) is 0.647. The Morgan fingerprint density at radius 3 is 1.42 bits per heavy atom. The van der Waals surface area contributed by atoms with Crippen LogP contribution in [0, 0.1) is 0 Å². The molecule has 1 aliphatic rings. The van der Waals surface area contributed by atoms with Gasteiger partial charge in [0.25, 0.3) is 0 Å². The minimum absolute atomic E-state index is 0.466. The molecule has 0 saturated carbocycles. The van der Waals surface area contributed by atoms with E-state index in [9.17, 15) is 0 Å². The molecule has 1 heterocycles. The Morgan fingerprint density at radius 1 is 0.789 bits per heavy atom. The predicted molar refractivity (Wildman–Crippen MR) is 78.4 cm³/mol. The van der Waals surface area contributed by atoms with Crippen molar-refractivity contribution < 1.29 is 4.94 Å². The van der Waals surface area contributed by atoms with Crippen molar-refractivity contribution in [1.82, 2.24) is 10.1 Å². The molecule has 1 saturated heterocycles. The zero-order valence-corrected chi connectivity index (χ0v) is 11.4. The summed E-state index contributed by atoms with van der Waals surface area (Å²) in [4.78, 5) is 5.76. The van der Waals surface area contributed by atoms with Crippen LogP contribution in [0.2, 0.25) is 0 Å².